The molecule has 3 heterocycles. The van der Waals surface area contributed by atoms with Gasteiger partial charge in [0.25, 0.3) is 0 Å². The van der Waals surface area contributed by atoms with E-state index < -0.39 is 6.10 Å². The Morgan fingerprint density at radius 3 is 2.78 bits per heavy atom. The Morgan fingerprint density at radius 2 is 2.00 bits per heavy atom. The predicted octanol–water partition coefficient (Wildman–Crippen LogP) is 3.10. The zero-order valence-corrected chi connectivity index (χ0v) is 16.7. The van der Waals surface area contributed by atoms with Crippen molar-refractivity contribution < 1.29 is 5.11 Å². The van der Waals surface area contributed by atoms with E-state index in [9.17, 15) is 5.11 Å². The van der Waals surface area contributed by atoms with Gasteiger partial charge in [0.2, 0.25) is 0 Å². The number of fused-ring (bicyclic) bond motifs is 1. The van der Waals surface area contributed by atoms with Crippen LogP contribution < -0.4 is 0 Å². The largest absolute Gasteiger partial charge is 0.382 e. The molecule has 1 aliphatic rings. The van der Waals surface area contributed by atoms with E-state index in [1.807, 2.05) is 46.4 Å². The van der Waals surface area contributed by atoms with Gasteiger partial charge in [-0.2, -0.15) is 5.10 Å². The Morgan fingerprint density at radius 1 is 1.19 bits per heavy atom. The lowest BCUT2D eigenvalue weighted by Gasteiger charge is -2.26. The highest BCUT2D eigenvalue weighted by molar-refractivity contribution is 7.10. The first-order chi connectivity index (χ1) is 13.1. The quantitative estimate of drug-likeness (QED) is 0.712. The number of benzene rings is 1. The van der Waals surface area contributed by atoms with E-state index in [1.54, 1.807) is 0 Å². The van der Waals surface area contributed by atoms with Crippen LogP contribution in [0.15, 0.2) is 47.8 Å². The summed E-state index contributed by atoms with van der Waals surface area (Å²) in [6.07, 6.45) is -0.663. The van der Waals surface area contributed by atoms with Crippen molar-refractivity contribution in [2.24, 2.45) is 0 Å². The van der Waals surface area contributed by atoms with Crippen molar-refractivity contribution in [3.8, 4) is 0 Å². The van der Waals surface area contributed by atoms with Gasteiger partial charge in [0.05, 0.1) is 17.9 Å². The third kappa shape index (κ3) is 4.30. The lowest BCUT2D eigenvalue weighted by atomic mass is 10.1. The SMILES string of the molecule is CN(C)Cc1csc(CN2CCn3nc([C@H](O)c4ccccc4)cc3C2)c1. The molecule has 0 aliphatic carbocycles. The van der Waals surface area contributed by atoms with Crippen LogP contribution in [0.25, 0.3) is 0 Å². The van der Waals surface area contributed by atoms with E-state index >= 15 is 0 Å². The van der Waals surface area contributed by atoms with Crippen LogP contribution in [0.1, 0.15) is 33.5 Å². The Balaban J connectivity index is 1.43. The van der Waals surface area contributed by atoms with E-state index in [1.165, 1.54) is 16.1 Å². The molecule has 0 radical (unpaired) electrons. The minimum Gasteiger partial charge on any atom is -0.382 e. The second-order valence-electron chi connectivity index (χ2n) is 7.47. The summed E-state index contributed by atoms with van der Waals surface area (Å²) in [6.45, 7) is 4.68. The number of aromatic nitrogens is 2. The van der Waals surface area contributed by atoms with Crippen LogP contribution in [0.5, 0.6) is 0 Å². The molecule has 1 aromatic carbocycles. The summed E-state index contributed by atoms with van der Waals surface area (Å²) in [5.74, 6) is 0. The highest BCUT2D eigenvalue weighted by Crippen LogP contribution is 2.25. The Hall–Kier alpha value is -1.99. The van der Waals surface area contributed by atoms with Crippen molar-refractivity contribution in [3.63, 3.8) is 0 Å². The third-order valence-electron chi connectivity index (χ3n) is 4.88. The molecule has 5 nitrogen and oxygen atoms in total. The number of hydrogen-bond donors (Lipinski definition) is 1. The van der Waals surface area contributed by atoms with Crippen LogP contribution in [0.3, 0.4) is 0 Å². The molecule has 0 saturated carbocycles. The molecule has 0 unspecified atom stereocenters. The number of aliphatic hydroxyl groups is 1. The standard InChI is InChI=1S/C21H26N4OS/c1-23(2)12-16-10-19(27-15-16)14-24-8-9-25-18(13-24)11-20(22-25)21(26)17-6-4-3-5-7-17/h3-7,10-11,15,21,26H,8-9,12-14H2,1-2H3/t21-/m1/s1. The van der Waals surface area contributed by atoms with E-state index in [4.69, 9.17) is 0 Å². The monoisotopic (exact) mass is 382 g/mol. The van der Waals surface area contributed by atoms with Crippen molar-refractivity contribution in [3.05, 3.63) is 75.2 Å². The van der Waals surface area contributed by atoms with Crippen molar-refractivity contribution in [1.82, 2.24) is 19.6 Å². The molecule has 0 fully saturated rings. The topological polar surface area (TPSA) is 44.5 Å². The second-order valence-corrected chi connectivity index (χ2v) is 8.46. The first-order valence-corrected chi connectivity index (χ1v) is 10.2. The lowest BCUT2D eigenvalue weighted by Crippen LogP contribution is -2.33. The average molecular weight is 383 g/mol. The molecule has 3 aromatic rings. The lowest BCUT2D eigenvalue weighted by molar-refractivity contribution is 0.201. The van der Waals surface area contributed by atoms with Gasteiger partial charge in [-0.05, 0) is 42.7 Å². The van der Waals surface area contributed by atoms with Gasteiger partial charge in [-0.3, -0.25) is 9.58 Å². The van der Waals surface area contributed by atoms with E-state index in [-0.39, 0.29) is 0 Å². The molecule has 0 spiro atoms. The summed E-state index contributed by atoms with van der Waals surface area (Å²) in [4.78, 5) is 6.07. The van der Waals surface area contributed by atoms with Crippen molar-refractivity contribution in [2.75, 3.05) is 20.6 Å². The number of nitrogens with zero attached hydrogens (tertiary/aromatic N) is 4. The highest BCUT2D eigenvalue weighted by atomic mass is 32.1. The molecule has 142 valence electrons. The molecule has 6 heteroatoms. The summed E-state index contributed by atoms with van der Waals surface area (Å²) in [5.41, 5.74) is 4.19. The molecule has 2 aromatic heterocycles. The van der Waals surface area contributed by atoms with Crippen LogP contribution in [-0.4, -0.2) is 45.3 Å². The van der Waals surface area contributed by atoms with E-state index in [2.05, 4.69) is 46.5 Å². The number of aliphatic hydroxyl groups excluding tert-OH is 1. The Labute approximate surface area is 164 Å². The van der Waals surface area contributed by atoms with Crippen molar-refractivity contribution in [2.45, 2.75) is 32.3 Å². The smallest absolute Gasteiger partial charge is 0.123 e. The molecule has 1 aliphatic heterocycles. The minimum atomic E-state index is -0.663. The van der Waals surface area contributed by atoms with E-state index in [0.717, 1.165) is 44.0 Å². The summed E-state index contributed by atoms with van der Waals surface area (Å²) in [5, 5.41) is 17.5. The summed E-state index contributed by atoms with van der Waals surface area (Å²) in [7, 11) is 4.20. The molecule has 0 bridgehead atoms. The molecule has 1 N–H and O–H groups in total. The van der Waals surface area contributed by atoms with Gasteiger partial charge in [0.15, 0.2) is 0 Å². The number of rotatable bonds is 6. The molecule has 27 heavy (non-hydrogen) atoms. The fourth-order valence-electron chi connectivity index (χ4n) is 3.60. The van der Waals surface area contributed by atoms with Gasteiger partial charge in [0, 0.05) is 31.1 Å². The van der Waals surface area contributed by atoms with Crippen LogP contribution in [-0.2, 0) is 26.2 Å². The Bertz CT molecular complexity index is 887. The number of thiophene rings is 1. The maximum Gasteiger partial charge on any atom is 0.123 e. The fraction of sp³-hybridized carbons (Fsp3) is 0.381. The maximum absolute atomic E-state index is 10.6. The van der Waals surface area contributed by atoms with Crippen LogP contribution in [0, 0.1) is 0 Å². The molecule has 0 amide bonds. The minimum absolute atomic E-state index is 0.663. The van der Waals surface area contributed by atoms with Crippen LogP contribution >= 0.6 is 11.3 Å². The van der Waals surface area contributed by atoms with Crippen molar-refractivity contribution >= 4 is 11.3 Å². The molecular weight excluding hydrogens is 356 g/mol. The molecular formula is C21H26N4OS. The molecule has 0 saturated heterocycles. The Kier molecular flexibility index (Phi) is 5.41. The van der Waals surface area contributed by atoms with Crippen molar-refractivity contribution in [1.29, 1.82) is 0 Å². The number of hydrogen-bond acceptors (Lipinski definition) is 5. The highest BCUT2D eigenvalue weighted by Gasteiger charge is 2.22. The van der Waals surface area contributed by atoms with Gasteiger partial charge < -0.3 is 10.0 Å². The zero-order chi connectivity index (χ0) is 18.8. The summed E-state index contributed by atoms with van der Waals surface area (Å²) in [6, 6.07) is 14.1. The summed E-state index contributed by atoms with van der Waals surface area (Å²) < 4.78 is 2.05. The summed E-state index contributed by atoms with van der Waals surface area (Å²) >= 11 is 1.84. The second kappa shape index (κ2) is 7.94. The first-order valence-electron chi connectivity index (χ1n) is 9.31. The predicted molar refractivity (Wildman–Crippen MR) is 109 cm³/mol. The van der Waals surface area contributed by atoms with Gasteiger partial charge in [-0.15, -0.1) is 11.3 Å². The maximum atomic E-state index is 10.6. The first kappa shape index (κ1) is 18.4. The van der Waals surface area contributed by atoms with Gasteiger partial charge in [-0.25, -0.2) is 0 Å². The fourth-order valence-corrected chi connectivity index (χ4v) is 4.52. The molecule has 4 rings (SSSR count). The van der Waals surface area contributed by atoms with Gasteiger partial charge in [-0.1, -0.05) is 30.3 Å². The van der Waals surface area contributed by atoms with Crippen LogP contribution in [0.2, 0.25) is 0 Å². The van der Waals surface area contributed by atoms with Gasteiger partial charge in [0.1, 0.15) is 6.10 Å². The van der Waals surface area contributed by atoms with E-state index in [0.29, 0.717) is 0 Å². The third-order valence-corrected chi connectivity index (χ3v) is 5.85. The normalized spacial score (nSPS) is 15.9. The van der Waals surface area contributed by atoms with Gasteiger partial charge >= 0.3 is 0 Å². The van der Waals surface area contributed by atoms with Crippen LogP contribution in [0.4, 0.5) is 0 Å². The average Bonchev–Trinajstić information content (AvgIpc) is 3.27. The molecule has 1 atom stereocenters. The zero-order valence-electron chi connectivity index (χ0n) is 15.9.